The van der Waals surface area contributed by atoms with Crippen molar-refractivity contribution in [1.82, 2.24) is 14.6 Å². The first-order valence-corrected chi connectivity index (χ1v) is 4.61. The molecule has 0 aliphatic rings. The Hall–Kier alpha value is -1.33. The Morgan fingerprint density at radius 2 is 2.08 bits per heavy atom. The SMILES string of the molecule is NCc1snnc1-c1ccncc1. The molecule has 0 atom stereocenters. The van der Waals surface area contributed by atoms with Crippen LogP contribution in [0.5, 0.6) is 0 Å². The van der Waals surface area contributed by atoms with Crippen LogP contribution in [-0.2, 0) is 6.54 Å². The van der Waals surface area contributed by atoms with Gasteiger partial charge in [-0.15, -0.1) is 5.10 Å². The Labute approximate surface area is 79.6 Å². The van der Waals surface area contributed by atoms with Gasteiger partial charge in [-0.05, 0) is 23.7 Å². The van der Waals surface area contributed by atoms with Crippen LogP contribution in [0, 0.1) is 0 Å². The molecule has 2 aromatic rings. The van der Waals surface area contributed by atoms with Crippen LogP contribution in [0.1, 0.15) is 4.88 Å². The molecular formula is C8H8N4S. The van der Waals surface area contributed by atoms with Gasteiger partial charge >= 0.3 is 0 Å². The Morgan fingerprint density at radius 1 is 1.31 bits per heavy atom. The molecule has 4 nitrogen and oxygen atoms in total. The van der Waals surface area contributed by atoms with E-state index in [1.807, 2.05) is 12.1 Å². The Morgan fingerprint density at radius 3 is 2.77 bits per heavy atom. The van der Waals surface area contributed by atoms with Gasteiger partial charge in [0.2, 0.25) is 0 Å². The number of rotatable bonds is 2. The van der Waals surface area contributed by atoms with Crippen LogP contribution in [0.2, 0.25) is 0 Å². The van der Waals surface area contributed by atoms with Gasteiger partial charge in [0.15, 0.2) is 0 Å². The second-order valence-electron chi connectivity index (χ2n) is 2.48. The summed E-state index contributed by atoms with van der Waals surface area (Å²) >= 11 is 1.34. The van der Waals surface area contributed by atoms with Gasteiger partial charge in [0.1, 0.15) is 5.69 Å². The molecule has 0 bridgehead atoms. The molecule has 0 fully saturated rings. The maximum atomic E-state index is 5.55. The van der Waals surface area contributed by atoms with E-state index in [-0.39, 0.29) is 0 Å². The monoisotopic (exact) mass is 192 g/mol. The van der Waals surface area contributed by atoms with Gasteiger partial charge in [-0.2, -0.15) is 0 Å². The summed E-state index contributed by atoms with van der Waals surface area (Å²) in [4.78, 5) is 4.94. The fraction of sp³-hybridized carbons (Fsp3) is 0.125. The maximum absolute atomic E-state index is 5.55. The zero-order chi connectivity index (χ0) is 9.10. The lowest BCUT2D eigenvalue weighted by atomic mass is 10.2. The first-order chi connectivity index (χ1) is 6.42. The normalized spacial score (nSPS) is 10.2. The summed E-state index contributed by atoms with van der Waals surface area (Å²) in [5.41, 5.74) is 7.44. The number of hydrogen-bond acceptors (Lipinski definition) is 5. The van der Waals surface area contributed by atoms with E-state index in [4.69, 9.17) is 5.73 Å². The molecule has 0 saturated heterocycles. The van der Waals surface area contributed by atoms with Gasteiger partial charge in [0.25, 0.3) is 0 Å². The Balaban J connectivity index is 2.47. The minimum absolute atomic E-state index is 0.481. The highest BCUT2D eigenvalue weighted by Gasteiger charge is 2.07. The van der Waals surface area contributed by atoms with E-state index in [1.165, 1.54) is 11.5 Å². The van der Waals surface area contributed by atoms with E-state index >= 15 is 0 Å². The van der Waals surface area contributed by atoms with E-state index in [0.29, 0.717) is 6.54 Å². The summed E-state index contributed by atoms with van der Waals surface area (Å²) < 4.78 is 3.86. The van der Waals surface area contributed by atoms with Crippen molar-refractivity contribution in [1.29, 1.82) is 0 Å². The second kappa shape index (κ2) is 3.59. The zero-order valence-electron chi connectivity index (χ0n) is 6.84. The zero-order valence-corrected chi connectivity index (χ0v) is 7.66. The third-order valence-corrected chi connectivity index (χ3v) is 2.44. The molecule has 66 valence electrons. The van der Waals surface area contributed by atoms with Crippen molar-refractivity contribution in [3.63, 3.8) is 0 Å². The fourth-order valence-corrected chi connectivity index (χ4v) is 1.61. The maximum Gasteiger partial charge on any atom is 0.110 e. The molecule has 2 N–H and O–H groups in total. The largest absolute Gasteiger partial charge is 0.326 e. The predicted octanol–water partition coefficient (Wildman–Crippen LogP) is 1.06. The lowest BCUT2D eigenvalue weighted by Crippen LogP contribution is -1.95. The average molecular weight is 192 g/mol. The van der Waals surface area contributed by atoms with Gasteiger partial charge < -0.3 is 5.73 Å². The third kappa shape index (κ3) is 1.56. The molecule has 0 aliphatic carbocycles. The van der Waals surface area contributed by atoms with E-state index in [0.717, 1.165) is 16.1 Å². The smallest absolute Gasteiger partial charge is 0.110 e. The summed E-state index contributed by atoms with van der Waals surface area (Å²) in [5.74, 6) is 0. The highest BCUT2D eigenvalue weighted by molar-refractivity contribution is 7.05. The molecular weight excluding hydrogens is 184 g/mol. The lowest BCUT2D eigenvalue weighted by molar-refractivity contribution is 1.08. The van der Waals surface area contributed by atoms with Crippen LogP contribution in [0.15, 0.2) is 24.5 Å². The molecule has 0 radical (unpaired) electrons. The average Bonchev–Trinajstić information content (AvgIpc) is 2.67. The topological polar surface area (TPSA) is 64.7 Å². The highest BCUT2D eigenvalue weighted by Crippen LogP contribution is 2.22. The molecule has 0 aromatic carbocycles. The summed E-state index contributed by atoms with van der Waals surface area (Å²) in [6.45, 7) is 0.481. The highest BCUT2D eigenvalue weighted by atomic mass is 32.1. The van der Waals surface area contributed by atoms with Crippen LogP contribution in [0.25, 0.3) is 11.3 Å². The number of nitrogens with zero attached hydrogens (tertiary/aromatic N) is 3. The van der Waals surface area contributed by atoms with Gasteiger partial charge in [-0.3, -0.25) is 4.98 Å². The molecule has 0 amide bonds. The second-order valence-corrected chi connectivity index (χ2v) is 3.32. The van der Waals surface area contributed by atoms with Crippen LogP contribution in [0.4, 0.5) is 0 Å². The Bertz CT molecular complexity index is 384. The van der Waals surface area contributed by atoms with Crippen molar-refractivity contribution >= 4 is 11.5 Å². The summed E-state index contributed by atoms with van der Waals surface area (Å²) in [5, 5.41) is 4.02. The quantitative estimate of drug-likeness (QED) is 0.772. The first-order valence-electron chi connectivity index (χ1n) is 3.83. The standard InChI is InChI=1S/C8H8N4S/c9-5-7-8(11-12-13-7)6-1-3-10-4-2-6/h1-4H,5,9H2. The third-order valence-electron chi connectivity index (χ3n) is 1.70. The van der Waals surface area contributed by atoms with Crippen molar-refractivity contribution in [2.45, 2.75) is 6.54 Å². The number of pyridine rings is 1. The number of nitrogens with two attached hydrogens (primary N) is 1. The van der Waals surface area contributed by atoms with Gasteiger partial charge in [0.05, 0.1) is 4.88 Å². The van der Waals surface area contributed by atoms with Gasteiger partial charge in [-0.25, -0.2) is 0 Å². The summed E-state index contributed by atoms with van der Waals surface area (Å²) in [7, 11) is 0. The molecule has 0 unspecified atom stereocenters. The number of hydrogen-bond donors (Lipinski definition) is 1. The van der Waals surface area contributed by atoms with E-state index < -0.39 is 0 Å². The molecule has 2 heterocycles. The van der Waals surface area contributed by atoms with Crippen LogP contribution in [-0.4, -0.2) is 14.6 Å². The minimum atomic E-state index is 0.481. The van der Waals surface area contributed by atoms with Crippen molar-refractivity contribution in [2.75, 3.05) is 0 Å². The van der Waals surface area contributed by atoms with E-state index in [1.54, 1.807) is 12.4 Å². The Kier molecular flexibility index (Phi) is 2.29. The molecule has 2 aromatic heterocycles. The fourth-order valence-electron chi connectivity index (χ4n) is 1.07. The molecule has 0 saturated carbocycles. The molecule has 0 spiro atoms. The van der Waals surface area contributed by atoms with Crippen LogP contribution >= 0.6 is 11.5 Å². The summed E-state index contributed by atoms with van der Waals surface area (Å²) in [6.07, 6.45) is 3.46. The van der Waals surface area contributed by atoms with Crippen LogP contribution in [0.3, 0.4) is 0 Å². The molecule has 13 heavy (non-hydrogen) atoms. The van der Waals surface area contributed by atoms with Gasteiger partial charge in [-0.1, -0.05) is 4.49 Å². The van der Waals surface area contributed by atoms with Crippen LogP contribution < -0.4 is 5.73 Å². The predicted molar refractivity (Wildman–Crippen MR) is 51.0 cm³/mol. The minimum Gasteiger partial charge on any atom is -0.326 e. The van der Waals surface area contributed by atoms with Crippen molar-refractivity contribution in [2.24, 2.45) is 5.73 Å². The van der Waals surface area contributed by atoms with Gasteiger partial charge in [0, 0.05) is 24.5 Å². The summed E-state index contributed by atoms with van der Waals surface area (Å²) in [6, 6.07) is 3.80. The lowest BCUT2D eigenvalue weighted by Gasteiger charge is -1.96. The molecule has 5 heteroatoms. The molecule has 2 rings (SSSR count). The van der Waals surface area contributed by atoms with Crippen molar-refractivity contribution in [3.05, 3.63) is 29.4 Å². The van der Waals surface area contributed by atoms with Crippen molar-refractivity contribution in [3.8, 4) is 11.3 Å². The van der Waals surface area contributed by atoms with E-state index in [2.05, 4.69) is 14.6 Å². The van der Waals surface area contributed by atoms with E-state index in [9.17, 15) is 0 Å². The number of aromatic nitrogens is 3. The first kappa shape index (κ1) is 8.28. The van der Waals surface area contributed by atoms with Crippen molar-refractivity contribution < 1.29 is 0 Å². The molecule has 0 aliphatic heterocycles.